The summed E-state index contributed by atoms with van der Waals surface area (Å²) >= 11 is 3.42. The van der Waals surface area contributed by atoms with E-state index < -0.39 is 45.7 Å². The minimum atomic E-state index is -4.75. The highest BCUT2D eigenvalue weighted by Crippen LogP contribution is 2.35. The zero-order valence-corrected chi connectivity index (χ0v) is 25.9. The third-order valence-electron chi connectivity index (χ3n) is 6.44. The summed E-state index contributed by atoms with van der Waals surface area (Å²) in [7, 11) is -6.47. The highest BCUT2D eigenvalue weighted by molar-refractivity contribution is 9.10. The molecule has 0 saturated heterocycles. The second-order valence-electron chi connectivity index (χ2n) is 10.4. The minimum Gasteiger partial charge on any atom is -0.426 e. The van der Waals surface area contributed by atoms with E-state index in [0.29, 0.717) is 23.7 Å². The predicted molar refractivity (Wildman–Crippen MR) is 162 cm³/mol. The van der Waals surface area contributed by atoms with Crippen LogP contribution in [-0.4, -0.2) is 47.2 Å². The third-order valence-corrected chi connectivity index (χ3v) is 8.16. The molecule has 3 aromatic carbocycles. The van der Waals surface area contributed by atoms with Crippen LogP contribution in [0.15, 0.2) is 88.2 Å². The van der Waals surface area contributed by atoms with Gasteiger partial charge in [0.25, 0.3) is 0 Å². The molecule has 0 unspecified atom stereocenters. The molecule has 0 saturated carbocycles. The van der Waals surface area contributed by atoms with Gasteiger partial charge in [-0.1, -0.05) is 60.1 Å². The number of benzene rings is 3. The van der Waals surface area contributed by atoms with E-state index in [1.165, 1.54) is 22.9 Å². The zero-order valence-electron chi connectivity index (χ0n) is 23.5. The molecule has 1 heterocycles. The van der Waals surface area contributed by atoms with Crippen LogP contribution in [0.4, 0.5) is 13.2 Å². The zero-order chi connectivity index (χ0) is 32.2. The summed E-state index contributed by atoms with van der Waals surface area (Å²) in [4.78, 5) is 12.3. The monoisotopic (exact) mass is 693 g/mol. The smallest absolute Gasteiger partial charge is 0.426 e. The molecule has 1 aromatic heterocycles. The van der Waals surface area contributed by atoms with Crippen LogP contribution in [0.5, 0.6) is 5.75 Å². The van der Waals surface area contributed by atoms with Gasteiger partial charge < -0.3 is 19.5 Å². The first kappa shape index (κ1) is 33.2. The van der Waals surface area contributed by atoms with Crippen molar-refractivity contribution in [3.63, 3.8) is 0 Å². The molecule has 0 radical (unpaired) electrons. The van der Waals surface area contributed by atoms with Gasteiger partial charge >= 0.3 is 23.4 Å². The summed E-state index contributed by atoms with van der Waals surface area (Å²) < 4.78 is 73.2. The van der Waals surface area contributed by atoms with Crippen molar-refractivity contribution in [1.82, 2.24) is 15.1 Å². The van der Waals surface area contributed by atoms with Crippen molar-refractivity contribution in [2.75, 3.05) is 0 Å². The Morgan fingerprint density at radius 1 is 1.05 bits per heavy atom. The third kappa shape index (κ3) is 8.28. The van der Waals surface area contributed by atoms with Gasteiger partial charge in [-0.15, -0.1) is 0 Å². The van der Waals surface area contributed by atoms with Gasteiger partial charge in [-0.25, -0.2) is 0 Å². The van der Waals surface area contributed by atoms with Crippen molar-refractivity contribution in [2.24, 2.45) is 5.92 Å². The molecule has 1 atom stereocenters. The maximum Gasteiger partial charge on any atom is 0.475 e. The fourth-order valence-electron chi connectivity index (χ4n) is 4.45. The number of nitrogens with one attached hydrogen (secondary N) is 1. The number of para-hydroxylation sites is 1. The average molecular weight is 694 g/mol. The van der Waals surface area contributed by atoms with Crippen LogP contribution >= 0.6 is 15.9 Å². The molecule has 0 fully saturated rings. The van der Waals surface area contributed by atoms with E-state index in [9.17, 15) is 36.4 Å². The van der Waals surface area contributed by atoms with E-state index in [1.807, 2.05) is 13.8 Å². The molecule has 232 valence electrons. The van der Waals surface area contributed by atoms with Crippen molar-refractivity contribution in [3.8, 4) is 28.3 Å². The van der Waals surface area contributed by atoms with Crippen LogP contribution in [0, 0.1) is 5.92 Å². The molecule has 4 aromatic rings. The Hall–Kier alpha value is -3.66. The first-order valence-corrected chi connectivity index (χ1v) is 15.5. The Labute approximate surface area is 261 Å². The highest BCUT2D eigenvalue weighted by Gasteiger charge is 2.32. The maximum absolute atomic E-state index is 13.2. The lowest BCUT2D eigenvalue weighted by Gasteiger charge is -2.20. The average Bonchev–Trinajstić information content (AvgIpc) is 3.35. The van der Waals surface area contributed by atoms with E-state index in [2.05, 4.69) is 26.3 Å². The number of amides is 1. The van der Waals surface area contributed by atoms with Gasteiger partial charge in [-0.3, -0.25) is 9.48 Å². The lowest BCUT2D eigenvalue weighted by Crippen LogP contribution is -2.48. The summed E-state index contributed by atoms with van der Waals surface area (Å²) in [5.41, 5.74) is 0.389. The Morgan fingerprint density at radius 2 is 1.75 bits per heavy atom. The van der Waals surface area contributed by atoms with E-state index in [0.717, 1.165) is 22.7 Å². The normalized spacial score (nSPS) is 12.7. The lowest BCUT2D eigenvalue weighted by atomic mass is 9.75. The summed E-state index contributed by atoms with van der Waals surface area (Å²) in [6.07, 6.45) is -4.44. The van der Waals surface area contributed by atoms with E-state index in [4.69, 9.17) is 4.18 Å². The molecule has 1 amide bonds. The van der Waals surface area contributed by atoms with Gasteiger partial charge in [-0.2, -0.15) is 26.7 Å². The van der Waals surface area contributed by atoms with Crippen LogP contribution in [0.2, 0.25) is 0 Å². The minimum absolute atomic E-state index is 0.0688. The number of aromatic nitrogens is 2. The van der Waals surface area contributed by atoms with Gasteiger partial charge in [0, 0.05) is 15.6 Å². The second kappa shape index (κ2) is 13.5. The summed E-state index contributed by atoms with van der Waals surface area (Å²) in [6, 6.07) is 17.9. The first-order valence-electron chi connectivity index (χ1n) is 13.3. The van der Waals surface area contributed by atoms with Gasteiger partial charge in [0.1, 0.15) is 11.4 Å². The molecule has 0 bridgehead atoms. The van der Waals surface area contributed by atoms with Crippen LogP contribution < -0.4 is 9.50 Å². The van der Waals surface area contributed by atoms with Crippen molar-refractivity contribution < 1.29 is 40.6 Å². The molecule has 0 aliphatic rings. The Bertz CT molecular complexity index is 1750. The Balaban J connectivity index is 1.72. The first-order chi connectivity index (χ1) is 20.6. The van der Waals surface area contributed by atoms with Crippen molar-refractivity contribution >= 4 is 39.1 Å². The SMILES string of the molecule is CC(C)C[C@H](NC(=O)Cn1nc(-c2ccccc2OS(=O)(=O)c2cccc(C(F)(F)F)c2)cc1-c1cccc(Br)c1)B(O)O. The molecule has 44 heavy (non-hydrogen) atoms. The number of nitrogens with zero attached hydrogens (tertiary/aromatic N) is 2. The van der Waals surface area contributed by atoms with E-state index in [-0.39, 0.29) is 29.5 Å². The Morgan fingerprint density at radius 3 is 2.41 bits per heavy atom. The van der Waals surface area contributed by atoms with Crippen LogP contribution in [0.1, 0.15) is 25.8 Å². The molecule has 0 spiro atoms. The number of halogens is 4. The van der Waals surface area contributed by atoms with Crippen molar-refractivity contribution in [1.29, 1.82) is 0 Å². The second-order valence-corrected chi connectivity index (χ2v) is 12.8. The fourth-order valence-corrected chi connectivity index (χ4v) is 5.84. The van der Waals surface area contributed by atoms with Gasteiger partial charge in [0.2, 0.25) is 5.91 Å². The molecule has 15 heteroatoms. The van der Waals surface area contributed by atoms with E-state index in [1.54, 1.807) is 36.4 Å². The maximum atomic E-state index is 13.2. The number of rotatable bonds is 11. The van der Waals surface area contributed by atoms with Gasteiger partial charge in [0.15, 0.2) is 5.75 Å². The molecular formula is C29H28BBrF3N3O6S. The fraction of sp³-hybridized carbons (Fsp3) is 0.241. The quantitative estimate of drug-likeness (QED) is 0.143. The molecule has 9 nitrogen and oxygen atoms in total. The van der Waals surface area contributed by atoms with Crippen LogP contribution in [0.3, 0.4) is 0 Å². The Kier molecular flexibility index (Phi) is 10.2. The number of carbonyl (C=O) groups excluding carboxylic acids is 1. The molecule has 4 rings (SSSR count). The van der Waals surface area contributed by atoms with Gasteiger partial charge in [0.05, 0.1) is 22.9 Å². The lowest BCUT2D eigenvalue weighted by molar-refractivity contribution is -0.137. The van der Waals surface area contributed by atoms with Crippen LogP contribution in [-0.2, 0) is 27.6 Å². The van der Waals surface area contributed by atoms with E-state index >= 15 is 0 Å². The largest absolute Gasteiger partial charge is 0.475 e. The van der Waals surface area contributed by atoms with Crippen molar-refractivity contribution in [3.05, 3.63) is 88.9 Å². The highest BCUT2D eigenvalue weighted by atomic mass is 79.9. The molecule has 0 aliphatic carbocycles. The number of alkyl halides is 3. The van der Waals surface area contributed by atoms with Crippen molar-refractivity contribution in [2.45, 2.75) is 43.8 Å². The number of hydrogen-bond donors (Lipinski definition) is 3. The number of hydrogen-bond acceptors (Lipinski definition) is 7. The standard InChI is InChI=1S/C29H28BBrF3N3O6S/c1-18(2)13-27(30(39)40)35-28(38)17-37-25(19-7-5-9-21(31)14-19)16-24(36-37)23-11-3-4-12-26(23)43-44(41,42)22-10-6-8-20(15-22)29(32,33)34/h3-12,14-16,18,27,39-40H,13,17H2,1-2H3,(H,35,38)/t27-/m0/s1. The topological polar surface area (TPSA) is 131 Å². The molecule has 3 N–H and O–H groups in total. The predicted octanol–water partition coefficient (Wildman–Crippen LogP) is 5.31. The summed E-state index contributed by atoms with van der Waals surface area (Å²) in [6.45, 7) is 3.42. The molecular weight excluding hydrogens is 666 g/mol. The van der Waals surface area contributed by atoms with Crippen LogP contribution in [0.25, 0.3) is 22.5 Å². The van der Waals surface area contributed by atoms with Gasteiger partial charge in [-0.05, 0) is 60.9 Å². The summed E-state index contributed by atoms with van der Waals surface area (Å²) in [5, 5.41) is 26.7. The number of carbonyl (C=O) groups is 1. The summed E-state index contributed by atoms with van der Waals surface area (Å²) in [5.74, 6) is -1.59. The molecule has 0 aliphatic heterocycles.